The minimum absolute atomic E-state index is 0.0824. The molecule has 0 aliphatic heterocycles. The molecule has 1 aromatic carbocycles. The van der Waals surface area contributed by atoms with Crippen LogP contribution in [-0.4, -0.2) is 17.8 Å². The molecule has 0 radical (unpaired) electrons. The summed E-state index contributed by atoms with van der Waals surface area (Å²) >= 11 is 0. The number of hydrogen-bond acceptors (Lipinski definition) is 2. The van der Waals surface area contributed by atoms with Crippen molar-refractivity contribution in [1.82, 2.24) is 5.32 Å². The zero-order valence-electron chi connectivity index (χ0n) is 12.9. The second kappa shape index (κ2) is 7.80. The summed E-state index contributed by atoms with van der Waals surface area (Å²) in [6, 6.07) is 11.0. The summed E-state index contributed by atoms with van der Waals surface area (Å²) in [5.74, 6) is 1.65. The largest absolute Gasteiger partial charge is 0.394 e. The van der Waals surface area contributed by atoms with Gasteiger partial charge in [0, 0.05) is 6.04 Å². The van der Waals surface area contributed by atoms with Gasteiger partial charge in [0.25, 0.3) is 0 Å². The molecule has 0 bridgehead atoms. The molecule has 1 aliphatic rings. The van der Waals surface area contributed by atoms with E-state index in [0.29, 0.717) is 6.04 Å². The van der Waals surface area contributed by atoms with Crippen molar-refractivity contribution < 1.29 is 5.11 Å². The molecule has 0 amide bonds. The molecule has 112 valence electrons. The molecule has 0 spiro atoms. The fraction of sp³-hybridized carbons (Fsp3) is 0.667. The Morgan fingerprint density at radius 1 is 1.20 bits per heavy atom. The Morgan fingerprint density at radius 2 is 1.95 bits per heavy atom. The molecule has 2 rings (SSSR count). The van der Waals surface area contributed by atoms with Crippen LogP contribution in [-0.2, 0) is 0 Å². The number of hydrogen-bond donors (Lipinski definition) is 2. The van der Waals surface area contributed by atoms with Gasteiger partial charge in [0.2, 0.25) is 0 Å². The van der Waals surface area contributed by atoms with Gasteiger partial charge < -0.3 is 10.4 Å². The number of benzene rings is 1. The SMILES string of the molecule is CC(C)CC1CCCC(N[C@@H](CO)c2ccccc2)C1. The van der Waals surface area contributed by atoms with E-state index in [2.05, 4.69) is 31.3 Å². The van der Waals surface area contributed by atoms with E-state index < -0.39 is 0 Å². The molecular weight excluding hydrogens is 246 g/mol. The van der Waals surface area contributed by atoms with Crippen LogP contribution in [0, 0.1) is 11.8 Å². The zero-order valence-corrected chi connectivity index (χ0v) is 12.9. The van der Waals surface area contributed by atoms with Crippen molar-refractivity contribution in [2.24, 2.45) is 11.8 Å². The van der Waals surface area contributed by atoms with E-state index >= 15 is 0 Å². The highest BCUT2D eigenvalue weighted by Gasteiger charge is 2.24. The predicted octanol–water partition coefficient (Wildman–Crippen LogP) is 3.91. The Bertz CT molecular complexity index is 376. The van der Waals surface area contributed by atoms with Crippen LogP contribution in [0.15, 0.2) is 30.3 Å². The topological polar surface area (TPSA) is 32.3 Å². The van der Waals surface area contributed by atoms with E-state index in [-0.39, 0.29) is 12.6 Å². The Kier molecular flexibility index (Phi) is 6.06. The van der Waals surface area contributed by atoms with E-state index in [1.54, 1.807) is 0 Å². The van der Waals surface area contributed by atoms with E-state index in [9.17, 15) is 5.11 Å². The maximum absolute atomic E-state index is 9.66. The fourth-order valence-corrected chi connectivity index (χ4v) is 3.55. The van der Waals surface area contributed by atoms with Crippen molar-refractivity contribution in [3.8, 4) is 0 Å². The zero-order chi connectivity index (χ0) is 14.4. The van der Waals surface area contributed by atoms with Crippen molar-refractivity contribution in [3.63, 3.8) is 0 Å². The predicted molar refractivity (Wildman–Crippen MR) is 84.6 cm³/mol. The van der Waals surface area contributed by atoms with Crippen molar-refractivity contribution in [3.05, 3.63) is 35.9 Å². The van der Waals surface area contributed by atoms with E-state index in [0.717, 1.165) is 11.8 Å². The molecule has 0 aromatic heterocycles. The Morgan fingerprint density at radius 3 is 2.60 bits per heavy atom. The summed E-state index contributed by atoms with van der Waals surface area (Å²) in [6.07, 6.45) is 6.56. The highest BCUT2D eigenvalue weighted by molar-refractivity contribution is 5.19. The van der Waals surface area contributed by atoms with E-state index in [1.807, 2.05) is 18.2 Å². The quantitative estimate of drug-likeness (QED) is 0.825. The fourth-order valence-electron chi connectivity index (χ4n) is 3.55. The lowest BCUT2D eigenvalue weighted by Gasteiger charge is -2.33. The number of rotatable bonds is 6. The van der Waals surface area contributed by atoms with Crippen LogP contribution in [0.25, 0.3) is 0 Å². The van der Waals surface area contributed by atoms with E-state index in [4.69, 9.17) is 0 Å². The molecule has 1 aliphatic carbocycles. The molecule has 0 saturated heterocycles. The molecule has 2 nitrogen and oxygen atoms in total. The molecule has 2 heteroatoms. The minimum atomic E-state index is 0.0824. The van der Waals surface area contributed by atoms with Gasteiger partial charge in [-0.2, -0.15) is 0 Å². The third-order valence-electron chi connectivity index (χ3n) is 4.41. The van der Waals surface area contributed by atoms with Gasteiger partial charge in [0.05, 0.1) is 12.6 Å². The average Bonchev–Trinajstić information content (AvgIpc) is 2.45. The Hall–Kier alpha value is -0.860. The lowest BCUT2D eigenvalue weighted by molar-refractivity contribution is 0.196. The number of aliphatic hydroxyl groups excluding tert-OH is 1. The van der Waals surface area contributed by atoms with Crippen LogP contribution in [0.4, 0.5) is 0 Å². The summed E-state index contributed by atoms with van der Waals surface area (Å²) in [7, 11) is 0. The summed E-state index contributed by atoms with van der Waals surface area (Å²) < 4.78 is 0. The molecule has 1 aromatic rings. The third-order valence-corrected chi connectivity index (χ3v) is 4.41. The summed E-state index contributed by atoms with van der Waals surface area (Å²) in [5, 5.41) is 13.3. The third kappa shape index (κ3) is 4.60. The molecule has 1 saturated carbocycles. The highest BCUT2D eigenvalue weighted by atomic mass is 16.3. The monoisotopic (exact) mass is 275 g/mol. The van der Waals surface area contributed by atoms with Crippen LogP contribution in [0.1, 0.15) is 57.6 Å². The summed E-state index contributed by atoms with van der Waals surface area (Å²) in [5.41, 5.74) is 1.20. The smallest absolute Gasteiger partial charge is 0.0626 e. The van der Waals surface area contributed by atoms with Gasteiger partial charge >= 0.3 is 0 Å². The number of nitrogens with one attached hydrogen (secondary N) is 1. The van der Waals surface area contributed by atoms with Crippen LogP contribution >= 0.6 is 0 Å². The maximum Gasteiger partial charge on any atom is 0.0626 e. The first-order valence-corrected chi connectivity index (χ1v) is 8.11. The first-order valence-electron chi connectivity index (χ1n) is 8.11. The van der Waals surface area contributed by atoms with Crippen molar-refractivity contribution in [1.29, 1.82) is 0 Å². The molecule has 0 heterocycles. The summed E-state index contributed by atoms with van der Waals surface area (Å²) in [6.45, 7) is 4.81. The maximum atomic E-state index is 9.66. The number of aliphatic hydroxyl groups is 1. The van der Waals surface area contributed by atoms with Gasteiger partial charge in [-0.15, -0.1) is 0 Å². The van der Waals surface area contributed by atoms with Gasteiger partial charge in [0.15, 0.2) is 0 Å². The second-order valence-corrected chi connectivity index (χ2v) is 6.67. The van der Waals surface area contributed by atoms with Crippen LogP contribution in [0.3, 0.4) is 0 Å². The molecule has 2 N–H and O–H groups in total. The lowest BCUT2D eigenvalue weighted by atomic mass is 9.81. The Labute approximate surface area is 123 Å². The van der Waals surface area contributed by atoms with Crippen molar-refractivity contribution >= 4 is 0 Å². The van der Waals surface area contributed by atoms with Gasteiger partial charge in [-0.05, 0) is 36.7 Å². The average molecular weight is 275 g/mol. The van der Waals surface area contributed by atoms with Gasteiger partial charge in [-0.25, -0.2) is 0 Å². The first-order chi connectivity index (χ1) is 9.69. The molecular formula is C18H29NO. The lowest BCUT2D eigenvalue weighted by Crippen LogP contribution is -2.38. The second-order valence-electron chi connectivity index (χ2n) is 6.67. The normalized spacial score (nSPS) is 24.8. The minimum Gasteiger partial charge on any atom is -0.394 e. The van der Waals surface area contributed by atoms with Crippen molar-refractivity contribution in [2.45, 2.75) is 58.0 Å². The molecule has 1 fully saturated rings. The van der Waals surface area contributed by atoms with Crippen LogP contribution in [0.5, 0.6) is 0 Å². The van der Waals surface area contributed by atoms with Gasteiger partial charge in [-0.3, -0.25) is 0 Å². The molecule has 3 atom stereocenters. The van der Waals surface area contributed by atoms with Gasteiger partial charge in [-0.1, -0.05) is 57.0 Å². The van der Waals surface area contributed by atoms with Crippen LogP contribution in [0.2, 0.25) is 0 Å². The van der Waals surface area contributed by atoms with Gasteiger partial charge in [0.1, 0.15) is 0 Å². The molecule has 2 unspecified atom stereocenters. The van der Waals surface area contributed by atoms with Crippen LogP contribution < -0.4 is 5.32 Å². The van der Waals surface area contributed by atoms with E-state index in [1.165, 1.54) is 37.7 Å². The molecule has 20 heavy (non-hydrogen) atoms. The highest BCUT2D eigenvalue weighted by Crippen LogP contribution is 2.30. The summed E-state index contributed by atoms with van der Waals surface area (Å²) in [4.78, 5) is 0. The standard InChI is InChI=1S/C18H29NO/c1-14(2)11-15-7-6-10-17(12-15)19-18(13-20)16-8-4-3-5-9-16/h3-5,8-9,14-15,17-20H,6-7,10-13H2,1-2H3/t15?,17?,18-/m0/s1. The van der Waals surface area contributed by atoms with Crippen molar-refractivity contribution in [2.75, 3.05) is 6.61 Å². The first kappa shape index (κ1) is 15.5. The Balaban J connectivity index is 1.90.